The van der Waals surface area contributed by atoms with E-state index in [1.165, 1.54) is 11.6 Å². The molecule has 0 bridgehead atoms. The Kier molecular flexibility index (Phi) is 9.12. The molecule has 0 saturated carbocycles. The molecule has 1 atom stereocenters. The third-order valence-corrected chi connectivity index (χ3v) is 4.80. The number of benzene rings is 2. The van der Waals surface area contributed by atoms with Crippen LogP contribution in [0.3, 0.4) is 0 Å². The van der Waals surface area contributed by atoms with E-state index < -0.39 is 11.0 Å². The Bertz CT molecular complexity index is 773. The monoisotopic (exact) mass is 386 g/mol. The summed E-state index contributed by atoms with van der Waals surface area (Å²) in [7, 11) is 0.405. The maximum atomic E-state index is 12.0. The largest absolute Gasteiger partial charge is 0.323 e. The molecule has 0 fully saturated rings. The third kappa shape index (κ3) is 7.49. The molecule has 0 aliphatic heterocycles. The van der Waals surface area contributed by atoms with E-state index in [0.29, 0.717) is 10.6 Å². The molecule has 0 spiro atoms. The summed E-state index contributed by atoms with van der Waals surface area (Å²) >= 11 is 0. The van der Waals surface area contributed by atoms with Gasteiger partial charge < -0.3 is 5.32 Å². The van der Waals surface area contributed by atoms with Crippen molar-refractivity contribution in [3.05, 3.63) is 65.7 Å². The number of hydrogen-bond donors (Lipinski definition) is 2. The second kappa shape index (κ2) is 10.8. The minimum absolute atomic E-state index is 0.114. The van der Waals surface area contributed by atoms with Gasteiger partial charge in [0.15, 0.2) is 0 Å². The minimum atomic E-state index is -1.22. The van der Waals surface area contributed by atoms with E-state index in [4.69, 9.17) is 0 Å². The van der Waals surface area contributed by atoms with Gasteiger partial charge in [0.2, 0.25) is 5.91 Å². The van der Waals surface area contributed by atoms with Gasteiger partial charge in [0.05, 0.1) is 4.90 Å². The number of rotatable bonds is 5. The zero-order valence-electron chi connectivity index (χ0n) is 17.0. The van der Waals surface area contributed by atoms with Gasteiger partial charge in [-0.05, 0) is 53.9 Å². The third-order valence-electron chi connectivity index (χ3n) is 3.73. The van der Waals surface area contributed by atoms with Gasteiger partial charge in [-0.25, -0.2) is 8.93 Å². The van der Waals surface area contributed by atoms with Crippen molar-refractivity contribution >= 4 is 28.7 Å². The minimum Gasteiger partial charge on any atom is -0.323 e. The maximum absolute atomic E-state index is 12.0. The quantitative estimate of drug-likeness (QED) is 0.718. The van der Waals surface area contributed by atoms with Crippen molar-refractivity contribution in [3.63, 3.8) is 0 Å². The first-order valence-corrected chi connectivity index (χ1v) is 10.2. The summed E-state index contributed by atoms with van der Waals surface area (Å²) in [6, 6.07) is 15.1. The van der Waals surface area contributed by atoms with Gasteiger partial charge >= 0.3 is 0 Å². The summed E-state index contributed by atoms with van der Waals surface area (Å²) < 4.78 is 14.3. The number of anilines is 1. The molecule has 2 N–H and O–H groups in total. The van der Waals surface area contributed by atoms with Crippen molar-refractivity contribution < 1.29 is 9.00 Å². The number of nitrogens with one attached hydrogen (secondary N) is 2. The molecule has 2 aromatic rings. The van der Waals surface area contributed by atoms with Gasteiger partial charge in [0.1, 0.15) is 11.0 Å². The zero-order chi connectivity index (χ0) is 20.4. The molecule has 2 rings (SSSR count). The summed E-state index contributed by atoms with van der Waals surface area (Å²) in [5.41, 5.74) is 3.01. The predicted molar refractivity (Wildman–Crippen MR) is 116 cm³/mol. The Morgan fingerprint density at radius 2 is 1.52 bits per heavy atom. The van der Waals surface area contributed by atoms with E-state index in [-0.39, 0.29) is 11.3 Å². The van der Waals surface area contributed by atoms with Gasteiger partial charge in [0, 0.05) is 11.8 Å². The number of carbonyl (C=O) groups excluding carboxylic acids is 1. The number of carbonyl (C=O) groups is 1. The zero-order valence-corrected chi connectivity index (χ0v) is 17.8. The highest BCUT2D eigenvalue weighted by Crippen LogP contribution is 2.22. The van der Waals surface area contributed by atoms with Crippen LogP contribution >= 0.6 is 0 Å². The molecule has 2 aromatic carbocycles. The molecule has 0 aromatic heterocycles. The molecule has 27 heavy (non-hydrogen) atoms. The van der Waals surface area contributed by atoms with Crippen molar-refractivity contribution in [2.45, 2.75) is 44.9 Å². The van der Waals surface area contributed by atoms with Crippen molar-refractivity contribution in [2.75, 3.05) is 12.4 Å². The van der Waals surface area contributed by atoms with Crippen LogP contribution in [0.25, 0.3) is 6.08 Å². The first-order chi connectivity index (χ1) is 12.8. The van der Waals surface area contributed by atoms with E-state index in [1.807, 2.05) is 26.0 Å². The molecular weight excluding hydrogens is 356 g/mol. The van der Waals surface area contributed by atoms with Crippen LogP contribution in [0.4, 0.5) is 5.69 Å². The van der Waals surface area contributed by atoms with Crippen LogP contribution in [-0.4, -0.2) is 17.2 Å². The van der Waals surface area contributed by atoms with Crippen LogP contribution in [0.1, 0.15) is 45.7 Å². The second-order valence-corrected chi connectivity index (χ2v) is 8.11. The highest BCUT2D eigenvalue weighted by molar-refractivity contribution is 7.83. The Labute approximate surface area is 165 Å². The summed E-state index contributed by atoms with van der Waals surface area (Å²) in [6.07, 6.45) is 3.29. The van der Waals surface area contributed by atoms with Crippen molar-refractivity contribution in [2.24, 2.45) is 0 Å². The summed E-state index contributed by atoms with van der Waals surface area (Å²) in [5.74, 6) is -0.206. The molecule has 146 valence electrons. The fourth-order valence-electron chi connectivity index (χ4n) is 2.23. The summed E-state index contributed by atoms with van der Waals surface area (Å²) in [4.78, 5) is 12.7. The predicted octanol–water partition coefficient (Wildman–Crippen LogP) is 4.90. The number of amides is 1. The van der Waals surface area contributed by atoms with Gasteiger partial charge in [-0.3, -0.25) is 4.79 Å². The SMILES string of the molecule is CC.CNS(=O)c1ccc(NC(=O)/C=C/c2ccc(C(C)(C)C)cc2)cc1. The molecule has 0 aliphatic rings. The lowest BCUT2D eigenvalue weighted by molar-refractivity contribution is -0.111. The molecular formula is C22H30N2O2S. The van der Waals surface area contributed by atoms with Crippen molar-refractivity contribution in [1.82, 2.24) is 4.72 Å². The van der Waals surface area contributed by atoms with E-state index in [0.717, 1.165) is 5.56 Å². The van der Waals surface area contributed by atoms with Crippen LogP contribution in [0, 0.1) is 0 Å². The first-order valence-electron chi connectivity index (χ1n) is 9.08. The van der Waals surface area contributed by atoms with E-state index >= 15 is 0 Å². The van der Waals surface area contributed by atoms with Crippen LogP contribution < -0.4 is 10.0 Å². The smallest absolute Gasteiger partial charge is 0.248 e. The van der Waals surface area contributed by atoms with Crippen LogP contribution in [0.5, 0.6) is 0 Å². The normalized spacial score (nSPS) is 12.2. The fraction of sp³-hybridized carbons (Fsp3) is 0.318. The highest BCUT2D eigenvalue weighted by atomic mass is 32.2. The molecule has 0 radical (unpaired) electrons. The van der Waals surface area contributed by atoms with E-state index in [1.54, 1.807) is 37.4 Å². The van der Waals surface area contributed by atoms with E-state index in [9.17, 15) is 9.00 Å². The average molecular weight is 387 g/mol. The topological polar surface area (TPSA) is 58.2 Å². The Morgan fingerprint density at radius 1 is 0.963 bits per heavy atom. The Hall–Kier alpha value is -2.24. The van der Waals surface area contributed by atoms with Gasteiger partial charge in [0.25, 0.3) is 0 Å². The standard InChI is InChI=1S/C20H24N2O2S.C2H6/c1-20(2,3)16-8-5-15(6-9-16)7-14-19(23)22-17-10-12-18(13-11-17)25(24)21-4;1-2/h5-14,21H,1-4H3,(H,22,23);1-2H3/b14-7+;. The fourth-order valence-corrected chi connectivity index (χ4v) is 2.85. The Balaban J connectivity index is 0.00000176. The highest BCUT2D eigenvalue weighted by Gasteiger charge is 2.12. The number of hydrogen-bond acceptors (Lipinski definition) is 2. The van der Waals surface area contributed by atoms with Crippen LogP contribution in [-0.2, 0) is 21.2 Å². The lowest BCUT2D eigenvalue weighted by atomic mass is 9.87. The molecule has 4 nitrogen and oxygen atoms in total. The maximum Gasteiger partial charge on any atom is 0.248 e. The van der Waals surface area contributed by atoms with Gasteiger partial charge in [-0.2, -0.15) is 0 Å². The molecule has 1 amide bonds. The second-order valence-electron chi connectivity index (χ2n) is 6.69. The van der Waals surface area contributed by atoms with Crippen LogP contribution in [0.15, 0.2) is 59.5 Å². The van der Waals surface area contributed by atoms with Crippen molar-refractivity contribution in [3.8, 4) is 0 Å². The van der Waals surface area contributed by atoms with Crippen molar-refractivity contribution in [1.29, 1.82) is 0 Å². The molecule has 1 unspecified atom stereocenters. The van der Waals surface area contributed by atoms with E-state index in [2.05, 4.69) is 42.9 Å². The molecule has 0 heterocycles. The lowest BCUT2D eigenvalue weighted by Gasteiger charge is -2.18. The Morgan fingerprint density at radius 3 is 2.00 bits per heavy atom. The first kappa shape index (κ1) is 22.8. The summed E-state index contributed by atoms with van der Waals surface area (Å²) in [6.45, 7) is 10.5. The van der Waals surface area contributed by atoms with Gasteiger partial charge in [-0.15, -0.1) is 0 Å². The lowest BCUT2D eigenvalue weighted by Crippen LogP contribution is -2.11. The summed E-state index contributed by atoms with van der Waals surface area (Å²) in [5, 5.41) is 2.79. The van der Waals surface area contributed by atoms with Crippen LogP contribution in [0.2, 0.25) is 0 Å². The molecule has 5 heteroatoms. The average Bonchev–Trinajstić information content (AvgIpc) is 2.67. The van der Waals surface area contributed by atoms with Gasteiger partial charge in [-0.1, -0.05) is 58.9 Å². The molecule has 0 aliphatic carbocycles. The molecule has 0 saturated heterocycles.